The molecule has 2 aromatic carbocycles. The molecule has 0 spiro atoms. The Morgan fingerprint density at radius 1 is 0.654 bits per heavy atom. The molecule has 134 valence electrons. The van der Waals surface area contributed by atoms with Crippen molar-refractivity contribution in [2.24, 2.45) is 17.8 Å². The summed E-state index contributed by atoms with van der Waals surface area (Å²) in [4.78, 5) is 0. The highest BCUT2D eigenvalue weighted by molar-refractivity contribution is 5.44. The van der Waals surface area contributed by atoms with Gasteiger partial charge in [0.1, 0.15) is 0 Å². The third kappa shape index (κ3) is 2.40. The summed E-state index contributed by atoms with van der Waals surface area (Å²) < 4.78 is 0. The minimum absolute atomic E-state index is 0.376. The Balaban J connectivity index is 1.44. The Hall–Kier alpha value is -1.60. The highest BCUT2D eigenvalue weighted by atomic mass is 15.0. The fraction of sp³-hybridized carbons (Fsp3) is 0.520. The quantitative estimate of drug-likeness (QED) is 0.766. The van der Waals surface area contributed by atoms with Gasteiger partial charge < -0.3 is 5.32 Å². The first-order valence-electron chi connectivity index (χ1n) is 10.7. The second-order valence-corrected chi connectivity index (χ2v) is 9.67. The molecule has 4 fully saturated rings. The molecule has 0 unspecified atom stereocenters. The van der Waals surface area contributed by atoms with Gasteiger partial charge in [0, 0.05) is 5.54 Å². The van der Waals surface area contributed by atoms with E-state index in [0.717, 1.165) is 17.8 Å². The van der Waals surface area contributed by atoms with Crippen molar-refractivity contribution < 1.29 is 0 Å². The van der Waals surface area contributed by atoms with Gasteiger partial charge in [0.25, 0.3) is 0 Å². The lowest BCUT2D eigenvalue weighted by atomic mass is 9.53. The second-order valence-electron chi connectivity index (χ2n) is 9.67. The van der Waals surface area contributed by atoms with E-state index in [1.807, 2.05) is 0 Å². The zero-order chi connectivity index (χ0) is 17.1. The van der Waals surface area contributed by atoms with Crippen molar-refractivity contribution in [3.8, 4) is 0 Å². The third-order valence-electron chi connectivity index (χ3n) is 7.88. The molecule has 4 saturated carbocycles. The van der Waals surface area contributed by atoms with Gasteiger partial charge in [-0.2, -0.15) is 0 Å². The van der Waals surface area contributed by atoms with Crippen molar-refractivity contribution in [1.82, 2.24) is 5.32 Å². The van der Waals surface area contributed by atoms with Gasteiger partial charge in [0.2, 0.25) is 0 Å². The Bertz CT molecular complexity index is 753. The summed E-state index contributed by atoms with van der Waals surface area (Å²) in [6.45, 7) is 0. The lowest BCUT2D eigenvalue weighted by molar-refractivity contribution is -0.0234. The molecule has 0 aromatic heterocycles. The van der Waals surface area contributed by atoms with Crippen LogP contribution in [0.15, 0.2) is 48.5 Å². The maximum Gasteiger partial charge on any atom is 0.0586 e. The Morgan fingerprint density at radius 3 is 1.62 bits per heavy atom. The van der Waals surface area contributed by atoms with Gasteiger partial charge in [-0.05, 0) is 91.4 Å². The third-order valence-corrected chi connectivity index (χ3v) is 7.88. The van der Waals surface area contributed by atoms with Crippen molar-refractivity contribution in [3.05, 3.63) is 70.8 Å². The molecule has 0 aliphatic heterocycles. The number of hydrogen-bond acceptors (Lipinski definition) is 1. The highest BCUT2D eigenvalue weighted by Crippen LogP contribution is 2.56. The lowest BCUT2D eigenvalue weighted by Gasteiger charge is -2.58. The number of nitrogens with one attached hydrogen (secondary N) is 1. The summed E-state index contributed by atoms with van der Waals surface area (Å²) in [5, 5.41) is 4.32. The summed E-state index contributed by atoms with van der Waals surface area (Å²) in [5.41, 5.74) is 6.56. The minimum atomic E-state index is 0.376. The van der Waals surface area contributed by atoms with Crippen molar-refractivity contribution in [3.63, 3.8) is 0 Å². The van der Waals surface area contributed by atoms with Gasteiger partial charge in [0.05, 0.1) is 6.04 Å². The molecule has 5 aliphatic carbocycles. The molecule has 1 N–H and O–H groups in total. The van der Waals surface area contributed by atoms with Gasteiger partial charge >= 0.3 is 0 Å². The van der Waals surface area contributed by atoms with Crippen molar-refractivity contribution in [2.45, 2.75) is 62.9 Å². The monoisotopic (exact) mass is 343 g/mol. The summed E-state index contributed by atoms with van der Waals surface area (Å²) >= 11 is 0. The van der Waals surface area contributed by atoms with Crippen molar-refractivity contribution >= 4 is 0 Å². The summed E-state index contributed by atoms with van der Waals surface area (Å²) in [6, 6.07) is 18.8. The molecule has 5 aliphatic rings. The van der Waals surface area contributed by atoms with Crippen LogP contribution >= 0.6 is 0 Å². The molecule has 0 saturated heterocycles. The smallest absolute Gasteiger partial charge is 0.0586 e. The van der Waals surface area contributed by atoms with E-state index in [0.29, 0.717) is 11.6 Å². The van der Waals surface area contributed by atoms with Crippen LogP contribution in [-0.2, 0) is 12.8 Å². The van der Waals surface area contributed by atoms with Gasteiger partial charge in [-0.3, -0.25) is 0 Å². The van der Waals surface area contributed by atoms with E-state index in [4.69, 9.17) is 0 Å². The zero-order valence-electron chi connectivity index (χ0n) is 15.6. The largest absolute Gasteiger partial charge is 0.301 e. The molecule has 1 nitrogen and oxygen atoms in total. The van der Waals surface area contributed by atoms with E-state index >= 15 is 0 Å². The van der Waals surface area contributed by atoms with Crippen molar-refractivity contribution in [2.75, 3.05) is 0 Å². The molecule has 4 bridgehead atoms. The van der Waals surface area contributed by atoms with E-state index in [1.54, 1.807) is 11.1 Å². The van der Waals surface area contributed by atoms with Crippen LogP contribution in [0.5, 0.6) is 0 Å². The molecule has 2 aromatic rings. The Kier molecular flexibility index (Phi) is 3.39. The summed E-state index contributed by atoms with van der Waals surface area (Å²) in [7, 11) is 0. The van der Waals surface area contributed by atoms with Crippen LogP contribution < -0.4 is 5.32 Å². The lowest BCUT2D eigenvalue weighted by Crippen LogP contribution is -2.59. The minimum Gasteiger partial charge on any atom is -0.301 e. The van der Waals surface area contributed by atoms with Gasteiger partial charge in [-0.25, -0.2) is 0 Å². The van der Waals surface area contributed by atoms with Crippen LogP contribution in [0.1, 0.15) is 66.8 Å². The van der Waals surface area contributed by atoms with E-state index in [9.17, 15) is 0 Å². The number of rotatable bonds is 2. The standard InChI is InChI=1S/C25H29N/c1-3-7-22-20(5-1)9-10-21-6-2-4-8-23(21)24(22)26-25-14-17-11-18(15-25)13-19(12-17)16-25/h1-8,17-19,24,26H,9-16H2. The second kappa shape index (κ2) is 5.70. The van der Waals surface area contributed by atoms with Crippen LogP contribution in [0.4, 0.5) is 0 Å². The predicted octanol–water partition coefficient (Wildman–Crippen LogP) is 5.43. The molecule has 0 amide bonds. The van der Waals surface area contributed by atoms with Gasteiger partial charge in [-0.15, -0.1) is 0 Å². The van der Waals surface area contributed by atoms with Crippen molar-refractivity contribution in [1.29, 1.82) is 0 Å². The average Bonchev–Trinajstić information content (AvgIpc) is 2.78. The molecule has 0 radical (unpaired) electrons. The van der Waals surface area contributed by atoms with Gasteiger partial charge in [0.15, 0.2) is 0 Å². The van der Waals surface area contributed by atoms with E-state index < -0.39 is 0 Å². The number of aryl methyl sites for hydroxylation is 2. The van der Waals surface area contributed by atoms with Crippen LogP contribution in [0.25, 0.3) is 0 Å². The summed E-state index contributed by atoms with van der Waals surface area (Å²) in [5.74, 6) is 2.97. The van der Waals surface area contributed by atoms with Gasteiger partial charge in [-0.1, -0.05) is 48.5 Å². The molecule has 26 heavy (non-hydrogen) atoms. The Labute approximate surface area is 157 Å². The highest BCUT2D eigenvalue weighted by Gasteiger charge is 2.51. The SMILES string of the molecule is c1ccc2c(c1)CCc1ccccc1C2NC12CC3CC(CC(C3)C1)C2. The predicted molar refractivity (Wildman–Crippen MR) is 106 cm³/mol. The fourth-order valence-electron chi connectivity index (χ4n) is 7.27. The fourth-order valence-corrected chi connectivity index (χ4v) is 7.27. The molecule has 0 atom stereocenters. The average molecular weight is 344 g/mol. The summed E-state index contributed by atoms with van der Waals surface area (Å²) in [6.07, 6.45) is 11.1. The first-order valence-corrected chi connectivity index (χ1v) is 10.7. The van der Waals surface area contributed by atoms with Crippen LogP contribution in [-0.4, -0.2) is 5.54 Å². The topological polar surface area (TPSA) is 12.0 Å². The molecule has 7 rings (SSSR count). The maximum atomic E-state index is 4.32. The van der Waals surface area contributed by atoms with E-state index in [2.05, 4.69) is 53.8 Å². The maximum absolute atomic E-state index is 4.32. The van der Waals surface area contributed by atoms with E-state index in [-0.39, 0.29) is 0 Å². The zero-order valence-corrected chi connectivity index (χ0v) is 15.6. The number of benzene rings is 2. The molecular formula is C25H29N. The molecule has 1 heteroatoms. The first kappa shape index (κ1) is 15.5. The Morgan fingerprint density at radius 2 is 1.12 bits per heavy atom. The van der Waals surface area contributed by atoms with Crippen LogP contribution in [0, 0.1) is 17.8 Å². The number of hydrogen-bond donors (Lipinski definition) is 1. The molecular weight excluding hydrogens is 314 g/mol. The molecule has 0 heterocycles. The van der Waals surface area contributed by atoms with Crippen LogP contribution in [0.2, 0.25) is 0 Å². The van der Waals surface area contributed by atoms with E-state index in [1.165, 1.54) is 62.5 Å². The normalized spacial score (nSPS) is 35.0. The van der Waals surface area contributed by atoms with Crippen LogP contribution in [0.3, 0.4) is 0 Å². The number of fused-ring (bicyclic) bond motifs is 2. The first-order chi connectivity index (χ1) is 12.8.